The Labute approximate surface area is 131 Å². The third kappa shape index (κ3) is 4.35. The quantitative estimate of drug-likeness (QED) is 0.776. The van der Waals surface area contributed by atoms with Crippen LogP contribution in [0.2, 0.25) is 0 Å². The lowest BCUT2D eigenvalue weighted by Gasteiger charge is -2.29. The molecule has 2 rings (SSSR count). The van der Waals surface area contributed by atoms with Crippen LogP contribution in [-0.2, 0) is 25.1 Å². The van der Waals surface area contributed by atoms with E-state index >= 15 is 0 Å². The van der Waals surface area contributed by atoms with Crippen LogP contribution in [0.25, 0.3) is 0 Å². The Morgan fingerprint density at radius 2 is 2.29 bits per heavy atom. The minimum absolute atomic E-state index is 0.0906. The van der Waals surface area contributed by atoms with E-state index in [1.807, 2.05) is 7.05 Å². The molecule has 1 aromatic rings. The van der Waals surface area contributed by atoms with Crippen molar-refractivity contribution in [2.45, 2.75) is 52.0 Å². The van der Waals surface area contributed by atoms with Crippen molar-refractivity contribution < 1.29 is 9.84 Å². The van der Waals surface area contributed by atoms with Crippen LogP contribution in [0.4, 0.5) is 0 Å². The summed E-state index contributed by atoms with van der Waals surface area (Å²) in [5.41, 5.74) is 0. The van der Waals surface area contributed by atoms with Crippen LogP contribution in [0.5, 0.6) is 0 Å². The van der Waals surface area contributed by atoms with Crippen LogP contribution in [0.15, 0.2) is 0 Å². The summed E-state index contributed by atoms with van der Waals surface area (Å²) in [6.07, 6.45) is 4.97. The summed E-state index contributed by atoms with van der Waals surface area (Å²) in [6.45, 7) is 5.52. The van der Waals surface area contributed by atoms with Crippen molar-refractivity contribution >= 4 is 12.2 Å². The maximum Gasteiger partial charge on any atom is 0.198 e. The predicted molar refractivity (Wildman–Crippen MR) is 83.4 cm³/mol. The molecule has 0 amide bonds. The number of rotatable bonds is 7. The van der Waals surface area contributed by atoms with E-state index in [0.717, 1.165) is 32.5 Å². The second-order valence-corrected chi connectivity index (χ2v) is 5.99. The molecular weight excluding hydrogens is 288 g/mol. The molecule has 1 fully saturated rings. The van der Waals surface area contributed by atoms with Gasteiger partial charge in [-0.3, -0.25) is 4.90 Å². The zero-order valence-corrected chi connectivity index (χ0v) is 13.8. The first-order valence-corrected chi connectivity index (χ1v) is 8.14. The van der Waals surface area contributed by atoms with E-state index in [4.69, 9.17) is 17.0 Å². The largest absolute Gasteiger partial charge is 0.388 e. The average Bonchev–Trinajstić information content (AvgIpc) is 2.76. The van der Waals surface area contributed by atoms with Gasteiger partial charge in [0.1, 0.15) is 6.61 Å². The summed E-state index contributed by atoms with van der Waals surface area (Å²) >= 11 is 5.38. The van der Waals surface area contributed by atoms with Crippen LogP contribution in [0, 0.1) is 4.77 Å². The third-order valence-corrected chi connectivity index (χ3v) is 4.37. The Kier molecular flexibility index (Phi) is 6.35. The number of hydrogen-bond donors (Lipinski definition) is 1. The van der Waals surface area contributed by atoms with Crippen LogP contribution < -0.4 is 0 Å². The molecule has 1 saturated heterocycles. The minimum atomic E-state index is -0.0906. The molecule has 0 saturated carbocycles. The maximum absolute atomic E-state index is 9.28. The fourth-order valence-electron chi connectivity index (χ4n) is 2.73. The number of ether oxygens (including phenoxy) is 1. The highest BCUT2D eigenvalue weighted by molar-refractivity contribution is 7.71. The normalized spacial score (nSPS) is 19.3. The second kappa shape index (κ2) is 8.03. The molecular formula is C14H26N4O2S. The van der Waals surface area contributed by atoms with E-state index in [0.29, 0.717) is 23.4 Å². The molecule has 120 valence electrons. The van der Waals surface area contributed by atoms with Gasteiger partial charge in [-0.2, -0.15) is 5.10 Å². The Morgan fingerprint density at radius 1 is 1.48 bits per heavy atom. The van der Waals surface area contributed by atoms with Crippen molar-refractivity contribution in [2.75, 3.05) is 19.7 Å². The molecule has 1 N–H and O–H groups in total. The van der Waals surface area contributed by atoms with Crippen molar-refractivity contribution in [3.05, 3.63) is 10.6 Å². The van der Waals surface area contributed by atoms with Gasteiger partial charge in [0.2, 0.25) is 0 Å². The molecule has 1 unspecified atom stereocenters. The maximum atomic E-state index is 9.28. The van der Waals surface area contributed by atoms with Crippen molar-refractivity contribution in [3.63, 3.8) is 0 Å². The van der Waals surface area contributed by atoms with E-state index in [1.54, 1.807) is 9.25 Å². The SMILES string of the molecule is CCCN(CC1CCCCO1)Cn1nc(CO)n(C)c1=S. The Balaban J connectivity index is 2.03. The standard InChI is InChI=1S/C14H26N4O2S/c1-3-7-17(9-12-6-4-5-8-20-12)11-18-14(21)16(2)13(10-19)15-18/h12,19H,3-11H2,1-2H3. The first-order valence-electron chi connectivity index (χ1n) is 7.73. The van der Waals surface area contributed by atoms with Gasteiger partial charge in [-0.25, -0.2) is 4.68 Å². The number of hydrogen-bond acceptors (Lipinski definition) is 5. The van der Waals surface area contributed by atoms with E-state index in [-0.39, 0.29) is 6.61 Å². The highest BCUT2D eigenvalue weighted by Gasteiger charge is 2.18. The van der Waals surface area contributed by atoms with Crippen LogP contribution in [-0.4, -0.2) is 50.2 Å². The molecule has 1 atom stereocenters. The molecule has 6 nitrogen and oxygen atoms in total. The smallest absolute Gasteiger partial charge is 0.198 e. The van der Waals surface area contributed by atoms with Gasteiger partial charge in [0.25, 0.3) is 0 Å². The molecule has 0 aromatic carbocycles. The van der Waals surface area contributed by atoms with Crippen molar-refractivity contribution in [1.29, 1.82) is 0 Å². The first kappa shape index (κ1) is 16.6. The average molecular weight is 314 g/mol. The predicted octanol–water partition coefficient (Wildman–Crippen LogP) is 1.68. The van der Waals surface area contributed by atoms with E-state index < -0.39 is 0 Å². The summed E-state index contributed by atoms with van der Waals surface area (Å²) < 4.78 is 10.0. The lowest BCUT2D eigenvalue weighted by Crippen LogP contribution is -2.37. The van der Waals surface area contributed by atoms with Crippen LogP contribution >= 0.6 is 12.2 Å². The first-order chi connectivity index (χ1) is 10.2. The third-order valence-electron chi connectivity index (χ3n) is 3.88. The zero-order valence-electron chi connectivity index (χ0n) is 13.0. The zero-order chi connectivity index (χ0) is 15.2. The molecule has 1 aliphatic rings. The van der Waals surface area contributed by atoms with Gasteiger partial charge in [-0.05, 0) is 44.4 Å². The molecule has 0 aliphatic carbocycles. The van der Waals surface area contributed by atoms with Crippen molar-refractivity contribution in [2.24, 2.45) is 7.05 Å². The molecule has 7 heteroatoms. The van der Waals surface area contributed by atoms with Gasteiger partial charge in [0.05, 0.1) is 12.8 Å². The minimum Gasteiger partial charge on any atom is -0.388 e. The molecule has 0 bridgehead atoms. The van der Waals surface area contributed by atoms with Crippen molar-refractivity contribution in [3.8, 4) is 0 Å². The van der Waals surface area contributed by atoms with Crippen LogP contribution in [0.1, 0.15) is 38.4 Å². The number of nitrogens with zero attached hydrogens (tertiary/aromatic N) is 4. The molecule has 2 heterocycles. The molecule has 0 radical (unpaired) electrons. The van der Waals surface area contributed by atoms with Gasteiger partial charge in [-0.1, -0.05) is 6.92 Å². The molecule has 1 aromatic heterocycles. The summed E-state index contributed by atoms with van der Waals surface area (Å²) in [6, 6.07) is 0. The summed E-state index contributed by atoms with van der Waals surface area (Å²) in [7, 11) is 1.84. The summed E-state index contributed by atoms with van der Waals surface area (Å²) in [4.78, 5) is 2.33. The lowest BCUT2D eigenvalue weighted by atomic mass is 10.1. The summed E-state index contributed by atoms with van der Waals surface area (Å²) in [5, 5.41) is 13.7. The highest BCUT2D eigenvalue weighted by atomic mass is 32.1. The monoisotopic (exact) mass is 314 g/mol. The summed E-state index contributed by atoms with van der Waals surface area (Å²) in [5.74, 6) is 0.602. The highest BCUT2D eigenvalue weighted by Crippen LogP contribution is 2.14. The number of aliphatic hydroxyl groups excluding tert-OH is 1. The van der Waals surface area contributed by atoms with E-state index in [9.17, 15) is 5.11 Å². The lowest BCUT2D eigenvalue weighted by molar-refractivity contribution is -0.0121. The van der Waals surface area contributed by atoms with Crippen molar-refractivity contribution in [1.82, 2.24) is 19.2 Å². The molecule has 0 spiro atoms. The molecule has 1 aliphatic heterocycles. The van der Waals surface area contributed by atoms with E-state index in [1.165, 1.54) is 12.8 Å². The van der Waals surface area contributed by atoms with Gasteiger partial charge in [-0.15, -0.1) is 0 Å². The van der Waals surface area contributed by atoms with Gasteiger partial charge in [0, 0.05) is 20.2 Å². The fourth-order valence-corrected chi connectivity index (χ4v) is 2.93. The second-order valence-electron chi connectivity index (χ2n) is 5.62. The fraction of sp³-hybridized carbons (Fsp3) is 0.857. The number of aliphatic hydroxyl groups is 1. The Bertz CT molecular complexity index is 494. The van der Waals surface area contributed by atoms with Gasteiger partial charge in [0.15, 0.2) is 10.6 Å². The van der Waals surface area contributed by atoms with Gasteiger partial charge < -0.3 is 14.4 Å². The Morgan fingerprint density at radius 3 is 2.86 bits per heavy atom. The van der Waals surface area contributed by atoms with Crippen LogP contribution in [0.3, 0.4) is 0 Å². The van der Waals surface area contributed by atoms with E-state index in [2.05, 4.69) is 16.9 Å². The Hall–Kier alpha value is -0.760. The molecule has 21 heavy (non-hydrogen) atoms. The topological polar surface area (TPSA) is 55.4 Å². The van der Waals surface area contributed by atoms with Gasteiger partial charge >= 0.3 is 0 Å². The number of aromatic nitrogens is 3.